The maximum absolute atomic E-state index is 13.3. The molecule has 0 aliphatic rings. The Morgan fingerprint density at radius 2 is 1.66 bits per heavy atom. The van der Waals surface area contributed by atoms with Crippen LogP contribution in [0.3, 0.4) is 0 Å². The fourth-order valence-corrected chi connectivity index (χ4v) is 4.62. The van der Waals surface area contributed by atoms with Gasteiger partial charge >= 0.3 is 0 Å². The number of aryl methyl sites for hydroxylation is 1. The van der Waals surface area contributed by atoms with Crippen LogP contribution in [0.1, 0.15) is 51.7 Å². The van der Waals surface area contributed by atoms with Crippen LogP contribution in [-0.2, 0) is 16.1 Å². The lowest BCUT2D eigenvalue weighted by atomic mass is 10.1. The largest absolute Gasteiger partial charge is 0.350 e. The van der Waals surface area contributed by atoms with Crippen molar-refractivity contribution in [2.75, 3.05) is 5.75 Å². The van der Waals surface area contributed by atoms with Crippen molar-refractivity contribution in [1.29, 1.82) is 0 Å². The smallest absolute Gasteiger partial charge is 0.243 e. The third-order valence-electron chi connectivity index (χ3n) is 4.88. The summed E-state index contributed by atoms with van der Waals surface area (Å²) in [6, 6.07) is 12.9. The first-order valence-corrected chi connectivity index (χ1v) is 12.5. The molecule has 0 fully saturated rings. The van der Waals surface area contributed by atoms with Crippen molar-refractivity contribution in [3.8, 4) is 0 Å². The third-order valence-corrected chi connectivity index (χ3v) is 6.60. The predicted octanol–water partition coefficient (Wildman–Crippen LogP) is 6.51. The molecule has 0 radical (unpaired) electrons. The second-order valence-corrected chi connectivity index (χ2v) is 10.8. The van der Waals surface area contributed by atoms with Gasteiger partial charge in [-0.05, 0) is 58.4 Å². The van der Waals surface area contributed by atoms with Crippen LogP contribution in [0.2, 0.25) is 10.0 Å². The van der Waals surface area contributed by atoms with Crippen LogP contribution in [0.4, 0.5) is 0 Å². The summed E-state index contributed by atoms with van der Waals surface area (Å²) in [5.41, 5.74) is 1.45. The number of halogens is 2. The molecule has 7 heteroatoms. The predicted molar refractivity (Wildman–Crippen MR) is 136 cm³/mol. The highest BCUT2D eigenvalue weighted by atomic mass is 35.5. The van der Waals surface area contributed by atoms with Gasteiger partial charge in [0.1, 0.15) is 6.04 Å². The Labute approximate surface area is 206 Å². The van der Waals surface area contributed by atoms with E-state index in [1.54, 1.807) is 34.9 Å². The zero-order valence-electron chi connectivity index (χ0n) is 19.4. The summed E-state index contributed by atoms with van der Waals surface area (Å²) in [7, 11) is 0. The zero-order valence-corrected chi connectivity index (χ0v) is 21.7. The van der Waals surface area contributed by atoms with E-state index in [1.807, 2.05) is 34.6 Å². The molecule has 1 unspecified atom stereocenters. The van der Waals surface area contributed by atoms with Crippen molar-refractivity contribution in [1.82, 2.24) is 10.2 Å². The van der Waals surface area contributed by atoms with Gasteiger partial charge in [-0.1, -0.05) is 53.9 Å². The Kier molecular flexibility index (Phi) is 9.93. The van der Waals surface area contributed by atoms with Crippen LogP contribution in [0.15, 0.2) is 47.4 Å². The molecule has 0 aromatic heterocycles. The molecule has 0 spiro atoms. The molecule has 174 valence electrons. The SMILES string of the molecule is CCC(C(=O)NC(C)(C)C)N(Cc1c(Cl)cccc1Cl)C(=O)CCSc1ccc(C)cc1. The number of amides is 2. The van der Waals surface area contributed by atoms with E-state index in [-0.39, 0.29) is 18.4 Å². The molecule has 2 aromatic rings. The van der Waals surface area contributed by atoms with Gasteiger partial charge in [0.2, 0.25) is 11.8 Å². The molecule has 0 aliphatic carbocycles. The molecule has 2 aromatic carbocycles. The van der Waals surface area contributed by atoms with Crippen LogP contribution in [0.5, 0.6) is 0 Å². The molecule has 4 nitrogen and oxygen atoms in total. The zero-order chi connectivity index (χ0) is 23.9. The number of thioether (sulfide) groups is 1. The molecule has 32 heavy (non-hydrogen) atoms. The van der Waals surface area contributed by atoms with E-state index in [9.17, 15) is 9.59 Å². The number of nitrogens with zero attached hydrogens (tertiary/aromatic N) is 1. The van der Waals surface area contributed by atoms with Gasteiger partial charge in [-0.25, -0.2) is 0 Å². The minimum Gasteiger partial charge on any atom is -0.350 e. The summed E-state index contributed by atoms with van der Waals surface area (Å²) in [5.74, 6) is 0.339. The van der Waals surface area contributed by atoms with Gasteiger partial charge in [-0.15, -0.1) is 11.8 Å². The van der Waals surface area contributed by atoms with E-state index in [2.05, 4.69) is 29.6 Å². The molecule has 0 bridgehead atoms. The second-order valence-electron chi connectivity index (χ2n) is 8.80. The first-order valence-electron chi connectivity index (χ1n) is 10.8. The van der Waals surface area contributed by atoms with Crippen molar-refractivity contribution in [2.24, 2.45) is 0 Å². The first-order chi connectivity index (χ1) is 15.0. The van der Waals surface area contributed by atoms with E-state index < -0.39 is 11.6 Å². The molecule has 0 saturated heterocycles. The van der Waals surface area contributed by atoms with E-state index in [0.29, 0.717) is 34.2 Å². The summed E-state index contributed by atoms with van der Waals surface area (Å²) in [6.07, 6.45) is 0.792. The quantitative estimate of drug-likeness (QED) is 0.404. The highest BCUT2D eigenvalue weighted by Crippen LogP contribution is 2.28. The van der Waals surface area contributed by atoms with E-state index >= 15 is 0 Å². The van der Waals surface area contributed by atoms with Gasteiger partial charge in [0.15, 0.2) is 0 Å². The lowest BCUT2D eigenvalue weighted by Crippen LogP contribution is -2.53. The topological polar surface area (TPSA) is 49.4 Å². The van der Waals surface area contributed by atoms with Gasteiger partial charge in [0.25, 0.3) is 0 Å². The summed E-state index contributed by atoms with van der Waals surface area (Å²) in [5, 5.41) is 3.97. The molecule has 0 saturated carbocycles. The Morgan fingerprint density at radius 3 is 2.19 bits per heavy atom. The van der Waals surface area contributed by atoms with Gasteiger partial charge in [0.05, 0.1) is 0 Å². The summed E-state index contributed by atoms with van der Waals surface area (Å²) in [6.45, 7) is 9.90. The van der Waals surface area contributed by atoms with E-state index in [1.165, 1.54) is 5.56 Å². The van der Waals surface area contributed by atoms with Gasteiger partial charge in [-0.3, -0.25) is 9.59 Å². The molecule has 0 aliphatic heterocycles. The van der Waals surface area contributed by atoms with Crippen LogP contribution >= 0.6 is 35.0 Å². The number of nitrogens with one attached hydrogen (secondary N) is 1. The van der Waals surface area contributed by atoms with Crippen molar-refractivity contribution in [3.05, 3.63) is 63.6 Å². The van der Waals surface area contributed by atoms with E-state index in [0.717, 1.165) is 4.90 Å². The molecular weight excluding hydrogens is 463 g/mol. The highest BCUT2D eigenvalue weighted by molar-refractivity contribution is 7.99. The summed E-state index contributed by atoms with van der Waals surface area (Å²) >= 11 is 14.4. The highest BCUT2D eigenvalue weighted by Gasteiger charge is 2.31. The minimum atomic E-state index is -0.613. The van der Waals surface area contributed by atoms with Crippen molar-refractivity contribution >= 4 is 46.8 Å². The Bertz CT molecular complexity index is 906. The number of benzene rings is 2. The molecule has 2 rings (SSSR count). The van der Waals surface area contributed by atoms with Crippen LogP contribution in [0, 0.1) is 6.92 Å². The summed E-state index contributed by atoms with van der Waals surface area (Å²) in [4.78, 5) is 29.1. The number of hydrogen-bond acceptors (Lipinski definition) is 3. The van der Waals surface area contributed by atoms with Gasteiger partial charge in [-0.2, -0.15) is 0 Å². The average molecular weight is 496 g/mol. The van der Waals surface area contributed by atoms with Crippen LogP contribution in [-0.4, -0.2) is 34.0 Å². The summed E-state index contributed by atoms with van der Waals surface area (Å²) < 4.78 is 0. The molecular formula is C25H32Cl2N2O2S. The lowest BCUT2D eigenvalue weighted by molar-refractivity contribution is -0.141. The van der Waals surface area contributed by atoms with Crippen molar-refractivity contribution in [3.63, 3.8) is 0 Å². The van der Waals surface area contributed by atoms with Gasteiger partial charge < -0.3 is 10.2 Å². The fraction of sp³-hybridized carbons (Fsp3) is 0.440. The maximum atomic E-state index is 13.3. The van der Waals surface area contributed by atoms with Crippen LogP contribution in [0.25, 0.3) is 0 Å². The van der Waals surface area contributed by atoms with Gasteiger partial charge in [0, 0.05) is 44.8 Å². The number of rotatable bonds is 9. The molecule has 0 heterocycles. The lowest BCUT2D eigenvalue weighted by Gasteiger charge is -2.33. The molecule has 2 amide bonds. The minimum absolute atomic E-state index is 0.100. The Balaban J connectivity index is 2.22. The van der Waals surface area contributed by atoms with Crippen molar-refractivity contribution < 1.29 is 9.59 Å². The van der Waals surface area contributed by atoms with E-state index in [4.69, 9.17) is 23.2 Å². The van der Waals surface area contributed by atoms with Crippen LogP contribution < -0.4 is 5.32 Å². The Hall–Kier alpha value is -1.69. The number of carbonyl (C=O) groups excluding carboxylic acids is 2. The number of hydrogen-bond donors (Lipinski definition) is 1. The third kappa shape index (κ3) is 8.02. The average Bonchev–Trinajstić information content (AvgIpc) is 2.70. The molecule has 1 N–H and O–H groups in total. The van der Waals surface area contributed by atoms with Crippen molar-refractivity contribution in [2.45, 2.75) is 70.5 Å². The molecule has 1 atom stereocenters. The number of carbonyl (C=O) groups is 2. The normalized spacial score (nSPS) is 12.3. The fourth-order valence-electron chi connectivity index (χ4n) is 3.26. The monoisotopic (exact) mass is 494 g/mol. The first kappa shape index (κ1) is 26.6. The standard InChI is InChI=1S/C25H32Cl2N2O2S/c1-6-22(24(31)28-25(3,4)5)29(16-19-20(26)8-7-9-21(19)27)23(30)14-15-32-18-12-10-17(2)11-13-18/h7-13,22H,6,14-16H2,1-5H3,(H,28,31). The second kappa shape index (κ2) is 12.0. The Morgan fingerprint density at radius 1 is 1.06 bits per heavy atom. The maximum Gasteiger partial charge on any atom is 0.243 e.